The van der Waals surface area contributed by atoms with Crippen molar-refractivity contribution in [2.75, 3.05) is 0 Å². The monoisotopic (exact) mass is 476 g/mol. The van der Waals surface area contributed by atoms with Gasteiger partial charge in [0.05, 0.1) is 0 Å². The number of rotatable bonds is 4. The SMILES string of the molecule is [CH3-].[CH3-].[Y].[Y].c1cc(CC2CC[CH-]CC2)ccc1CC1CC[CH-]CC1. The zero-order valence-corrected chi connectivity index (χ0v) is 21.5. The Morgan fingerprint density at radius 2 is 0.917 bits per heavy atom. The molecule has 2 heteroatoms. The Bertz CT molecular complexity index is 348. The zero-order chi connectivity index (χ0) is 13.6. The van der Waals surface area contributed by atoms with E-state index in [9.17, 15) is 0 Å². The van der Waals surface area contributed by atoms with Crippen LogP contribution in [0.2, 0.25) is 0 Å². The van der Waals surface area contributed by atoms with Gasteiger partial charge in [-0.25, -0.2) is 0 Å². The first kappa shape index (κ1) is 27.6. The molecule has 0 atom stereocenters. The van der Waals surface area contributed by atoms with Crippen molar-refractivity contribution in [3.63, 3.8) is 0 Å². The Morgan fingerprint density at radius 3 is 1.21 bits per heavy atom. The second-order valence-corrected chi connectivity index (χ2v) is 6.84. The van der Waals surface area contributed by atoms with Crippen LogP contribution >= 0.6 is 0 Å². The normalized spacial score (nSPS) is 18.3. The first-order valence-electron chi connectivity index (χ1n) is 8.61. The van der Waals surface area contributed by atoms with Crippen LogP contribution in [0, 0.1) is 39.5 Å². The van der Waals surface area contributed by atoms with Gasteiger partial charge in [-0.2, -0.15) is 25.7 Å². The maximum Gasteiger partial charge on any atom is 0 e. The molecule has 0 aromatic heterocycles. The average molecular weight is 476 g/mol. The maximum absolute atomic E-state index is 2.46. The fourth-order valence-electron chi connectivity index (χ4n) is 3.88. The van der Waals surface area contributed by atoms with Gasteiger partial charge in [-0.05, 0) is 35.8 Å². The molecule has 0 amide bonds. The molecule has 24 heavy (non-hydrogen) atoms. The fraction of sp³-hybridized carbons (Fsp3) is 0.545. The summed E-state index contributed by atoms with van der Waals surface area (Å²) in [5.41, 5.74) is 3.11. The van der Waals surface area contributed by atoms with E-state index in [0.29, 0.717) is 0 Å². The van der Waals surface area contributed by atoms with Crippen LogP contribution in [0.3, 0.4) is 0 Å². The van der Waals surface area contributed by atoms with E-state index >= 15 is 0 Å². The second-order valence-electron chi connectivity index (χ2n) is 6.84. The molecule has 1 aromatic carbocycles. The van der Waals surface area contributed by atoms with Gasteiger partial charge in [0, 0.05) is 65.4 Å². The maximum atomic E-state index is 2.46. The summed E-state index contributed by atoms with van der Waals surface area (Å²) in [5.74, 6) is 1.86. The molecule has 2 aliphatic rings. The molecule has 0 unspecified atom stereocenters. The van der Waals surface area contributed by atoms with E-state index in [4.69, 9.17) is 0 Å². The third-order valence-electron chi connectivity index (χ3n) is 5.19. The third kappa shape index (κ3) is 9.39. The summed E-state index contributed by atoms with van der Waals surface area (Å²) in [6, 6.07) is 9.57. The molecule has 0 spiro atoms. The van der Waals surface area contributed by atoms with Gasteiger partial charge in [0.1, 0.15) is 0 Å². The summed E-state index contributed by atoms with van der Waals surface area (Å²) in [6.45, 7) is 0. The quantitative estimate of drug-likeness (QED) is 0.438. The molecule has 0 nitrogen and oxygen atoms in total. The topological polar surface area (TPSA) is 0 Å². The first-order valence-corrected chi connectivity index (χ1v) is 8.61. The summed E-state index contributed by atoms with van der Waals surface area (Å²) in [6.07, 6.45) is 18.5. The minimum atomic E-state index is 0. The van der Waals surface area contributed by atoms with E-state index in [1.54, 1.807) is 11.1 Å². The van der Waals surface area contributed by atoms with Crippen LogP contribution in [0.4, 0.5) is 0 Å². The van der Waals surface area contributed by atoms with Gasteiger partial charge in [0.15, 0.2) is 0 Å². The molecule has 2 radical (unpaired) electrons. The molecule has 2 saturated carbocycles. The van der Waals surface area contributed by atoms with Gasteiger partial charge in [-0.15, -0.1) is 0 Å². The molecular formula is C22H34Y2-4. The summed E-state index contributed by atoms with van der Waals surface area (Å²) in [7, 11) is 0. The summed E-state index contributed by atoms with van der Waals surface area (Å²) in [4.78, 5) is 0. The predicted octanol–water partition coefficient (Wildman–Crippen LogP) is 6.46. The smallest absolute Gasteiger partial charge is 0 e. The minimum Gasteiger partial charge on any atom is -0.358 e. The Labute approximate surface area is 202 Å². The zero-order valence-electron chi connectivity index (χ0n) is 15.8. The van der Waals surface area contributed by atoms with Gasteiger partial charge in [-0.3, -0.25) is 0 Å². The minimum absolute atomic E-state index is 0. The Morgan fingerprint density at radius 1 is 0.625 bits per heavy atom. The molecule has 0 aliphatic heterocycles. The number of benzene rings is 1. The van der Waals surface area contributed by atoms with E-state index in [1.807, 2.05) is 0 Å². The summed E-state index contributed by atoms with van der Waals surface area (Å²) >= 11 is 0. The summed E-state index contributed by atoms with van der Waals surface area (Å²) in [5, 5.41) is 0. The van der Waals surface area contributed by atoms with Crippen LogP contribution in [0.15, 0.2) is 24.3 Å². The van der Waals surface area contributed by atoms with Crippen molar-refractivity contribution in [2.45, 2.75) is 64.2 Å². The molecule has 0 saturated heterocycles. The van der Waals surface area contributed by atoms with E-state index in [1.165, 1.54) is 64.2 Å². The molecule has 132 valence electrons. The van der Waals surface area contributed by atoms with E-state index in [-0.39, 0.29) is 80.3 Å². The van der Waals surface area contributed by atoms with Crippen molar-refractivity contribution >= 4 is 0 Å². The van der Waals surface area contributed by atoms with Gasteiger partial charge in [-0.1, -0.05) is 49.9 Å². The van der Waals surface area contributed by atoms with Gasteiger partial charge < -0.3 is 27.7 Å². The first-order chi connectivity index (χ1) is 9.90. The molecule has 2 aliphatic carbocycles. The molecule has 0 N–H and O–H groups in total. The Kier molecular flexibility index (Phi) is 17.8. The Balaban J connectivity index is 0. The molecule has 1 aromatic rings. The van der Waals surface area contributed by atoms with Crippen molar-refractivity contribution in [1.82, 2.24) is 0 Å². The standard InChI is InChI=1S/C20H28.2CH3.2Y/c1-3-7-17(8-4-1)15-19-11-13-20(14-12-19)16-18-9-5-2-6-10-18;;;;/h1-2,11-14,17-18H,3-10,15-16H2;2*1H3;;/q-2;2*-1;;. The van der Waals surface area contributed by atoms with E-state index < -0.39 is 0 Å². The third-order valence-corrected chi connectivity index (χ3v) is 5.19. The van der Waals surface area contributed by atoms with Crippen LogP contribution in [0.5, 0.6) is 0 Å². The second kappa shape index (κ2) is 15.5. The molecule has 3 rings (SSSR count). The van der Waals surface area contributed by atoms with Gasteiger partial charge in [0.25, 0.3) is 0 Å². The van der Waals surface area contributed by atoms with Crippen LogP contribution in [0.1, 0.15) is 62.5 Å². The number of hydrogen-bond donors (Lipinski definition) is 0. The van der Waals surface area contributed by atoms with Crippen molar-refractivity contribution in [3.05, 3.63) is 63.1 Å². The van der Waals surface area contributed by atoms with Crippen molar-refractivity contribution < 1.29 is 65.4 Å². The molecule has 0 heterocycles. The molecule has 2 fully saturated rings. The van der Waals surface area contributed by atoms with Crippen molar-refractivity contribution in [3.8, 4) is 0 Å². The Hall–Kier alpha value is 1.43. The summed E-state index contributed by atoms with van der Waals surface area (Å²) < 4.78 is 0. The van der Waals surface area contributed by atoms with E-state index in [0.717, 1.165) is 11.8 Å². The van der Waals surface area contributed by atoms with Gasteiger partial charge >= 0.3 is 0 Å². The van der Waals surface area contributed by atoms with Crippen LogP contribution in [0.25, 0.3) is 0 Å². The fourth-order valence-corrected chi connectivity index (χ4v) is 3.88. The average Bonchev–Trinajstić information content (AvgIpc) is 2.51. The van der Waals surface area contributed by atoms with Crippen LogP contribution in [-0.2, 0) is 78.3 Å². The van der Waals surface area contributed by atoms with Crippen molar-refractivity contribution in [2.24, 2.45) is 11.8 Å². The van der Waals surface area contributed by atoms with E-state index in [2.05, 4.69) is 37.1 Å². The van der Waals surface area contributed by atoms with Crippen molar-refractivity contribution in [1.29, 1.82) is 0 Å². The largest absolute Gasteiger partial charge is 0.358 e. The predicted molar refractivity (Wildman–Crippen MR) is 99.2 cm³/mol. The van der Waals surface area contributed by atoms with Crippen LogP contribution in [-0.4, -0.2) is 0 Å². The van der Waals surface area contributed by atoms with Gasteiger partial charge in [0.2, 0.25) is 0 Å². The van der Waals surface area contributed by atoms with Crippen LogP contribution < -0.4 is 0 Å². The molecular weight excluding hydrogens is 442 g/mol. The number of hydrogen-bond acceptors (Lipinski definition) is 0. The molecule has 0 bridgehead atoms.